The van der Waals surface area contributed by atoms with Crippen molar-refractivity contribution in [1.29, 1.82) is 0 Å². The van der Waals surface area contributed by atoms with Crippen LogP contribution in [-0.4, -0.2) is 51.3 Å². The predicted octanol–water partition coefficient (Wildman–Crippen LogP) is 1.62. The molecule has 0 aromatic carbocycles. The molecule has 0 radical (unpaired) electrons. The Balaban J connectivity index is 1.23. The Morgan fingerprint density at radius 2 is 2.03 bits per heavy atom. The summed E-state index contributed by atoms with van der Waals surface area (Å²) in [6, 6.07) is 9.09. The fourth-order valence-electron chi connectivity index (χ4n) is 3.74. The van der Waals surface area contributed by atoms with Crippen LogP contribution in [0.25, 0.3) is 5.65 Å². The number of carbonyl (C=O) groups is 1. The lowest BCUT2D eigenvalue weighted by Gasteiger charge is -2.26. The molecule has 3 aromatic heterocycles. The molecule has 1 atom stereocenters. The van der Waals surface area contributed by atoms with Gasteiger partial charge in [-0.15, -0.1) is 5.10 Å². The van der Waals surface area contributed by atoms with Gasteiger partial charge in [0.15, 0.2) is 5.65 Å². The molecule has 1 saturated heterocycles. The molecule has 29 heavy (non-hydrogen) atoms. The van der Waals surface area contributed by atoms with Gasteiger partial charge in [-0.3, -0.25) is 9.30 Å². The predicted molar refractivity (Wildman–Crippen MR) is 108 cm³/mol. The van der Waals surface area contributed by atoms with Gasteiger partial charge in [-0.2, -0.15) is 0 Å². The second-order valence-electron chi connectivity index (χ2n) is 7.20. The normalized spacial score (nSPS) is 15.6. The molecule has 1 unspecified atom stereocenters. The van der Waals surface area contributed by atoms with Gasteiger partial charge in [-0.25, -0.2) is 14.3 Å². The molecule has 9 nitrogen and oxygen atoms in total. The summed E-state index contributed by atoms with van der Waals surface area (Å²) in [5, 5.41) is 10.1. The average Bonchev–Trinajstić information content (AvgIpc) is 3.49. The quantitative estimate of drug-likeness (QED) is 0.562. The minimum absolute atomic E-state index is 0.0507. The van der Waals surface area contributed by atoms with Gasteiger partial charge < -0.3 is 15.1 Å². The fourth-order valence-corrected chi connectivity index (χ4v) is 3.74. The molecule has 1 aliphatic heterocycles. The van der Waals surface area contributed by atoms with Gasteiger partial charge in [0.2, 0.25) is 0 Å². The Morgan fingerprint density at radius 1 is 1.17 bits per heavy atom. The van der Waals surface area contributed by atoms with Crippen LogP contribution in [0.15, 0.2) is 52.0 Å². The van der Waals surface area contributed by atoms with Crippen molar-refractivity contribution in [3.8, 4) is 0 Å². The molecule has 4 rings (SSSR count). The Kier molecular flexibility index (Phi) is 5.95. The van der Waals surface area contributed by atoms with E-state index in [1.54, 1.807) is 24.6 Å². The van der Waals surface area contributed by atoms with Crippen molar-refractivity contribution in [1.82, 2.24) is 29.7 Å². The van der Waals surface area contributed by atoms with Crippen molar-refractivity contribution in [2.24, 2.45) is 0 Å². The van der Waals surface area contributed by atoms with Gasteiger partial charge >= 0.3 is 11.7 Å². The van der Waals surface area contributed by atoms with Crippen molar-refractivity contribution in [3.63, 3.8) is 0 Å². The Labute approximate surface area is 168 Å². The number of urea groups is 1. The number of pyridine rings is 1. The van der Waals surface area contributed by atoms with Crippen LogP contribution < -0.4 is 16.3 Å². The first-order valence-electron chi connectivity index (χ1n) is 10.1. The maximum atomic E-state index is 12.2. The largest absolute Gasteiger partial charge is 0.468 e. The molecule has 0 bridgehead atoms. The van der Waals surface area contributed by atoms with E-state index < -0.39 is 0 Å². The van der Waals surface area contributed by atoms with Gasteiger partial charge in [0.25, 0.3) is 0 Å². The molecule has 2 amide bonds. The van der Waals surface area contributed by atoms with Gasteiger partial charge in [0, 0.05) is 25.8 Å². The van der Waals surface area contributed by atoms with Crippen molar-refractivity contribution in [2.45, 2.75) is 31.8 Å². The standard InChI is InChI=1S/C20H26N6O3/c27-19(22-15-16(17-7-5-14-29-17)24-10-3-4-11-24)21-9-6-13-26-20(28)25-12-2-1-8-18(25)23-26/h1-2,5,7-8,12,14,16H,3-4,6,9-11,13,15H2,(H2,21,22,27). The van der Waals surface area contributed by atoms with Crippen LogP contribution in [0.1, 0.15) is 31.1 Å². The van der Waals surface area contributed by atoms with Crippen LogP contribution in [-0.2, 0) is 6.54 Å². The number of hydrogen-bond donors (Lipinski definition) is 2. The molecule has 9 heteroatoms. The highest BCUT2D eigenvalue weighted by atomic mass is 16.3. The smallest absolute Gasteiger partial charge is 0.350 e. The third-order valence-corrected chi connectivity index (χ3v) is 5.23. The van der Waals surface area contributed by atoms with Gasteiger partial charge in [0.05, 0.1) is 12.3 Å². The molecule has 0 spiro atoms. The lowest BCUT2D eigenvalue weighted by Crippen LogP contribution is -2.42. The average molecular weight is 398 g/mol. The second-order valence-corrected chi connectivity index (χ2v) is 7.20. The van der Waals surface area contributed by atoms with Crippen LogP contribution in [0, 0.1) is 0 Å². The molecule has 0 saturated carbocycles. The summed E-state index contributed by atoms with van der Waals surface area (Å²) in [7, 11) is 0. The number of furan rings is 1. The molecule has 0 aliphatic carbocycles. The molecule has 1 fully saturated rings. The van der Waals surface area contributed by atoms with Crippen molar-refractivity contribution >= 4 is 11.7 Å². The minimum Gasteiger partial charge on any atom is -0.468 e. The van der Waals surface area contributed by atoms with Crippen molar-refractivity contribution < 1.29 is 9.21 Å². The fraction of sp³-hybridized carbons (Fsp3) is 0.450. The minimum atomic E-state index is -0.219. The lowest BCUT2D eigenvalue weighted by molar-refractivity contribution is 0.203. The van der Waals surface area contributed by atoms with E-state index >= 15 is 0 Å². The number of likely N-dealkylation sites (tertiary alicyclic amines) is 1. The van der Waals surface area contributed by atoms with E-state index in [4.69, 9.17) is 4.42 Å². The number of carbonyl (C=O) groups excluding carboxylic acids is 1. The molecule has 154 valence electrons. The van der Waals surface area contributed by atoms with Gasteiger partial charge in [-0.1, -0.05) is 6.07 Å². The van der Waals surface area contributed by atoms with Crippen LogP contribution in [0.4, 0.5) is 4.79 Å². The van der Waals surface area contributed by atoms with Crippen molar-refractivity contribution in [3.05, 3.63) is 59.0 Å². The maximum Gasteiger partial charge on any atom is 0.350 e. The Hall–Kier alpha value is -3.07. The van der Waals surface area contributed by atoms with E-state index in [1.807, 2.05) is 18.2 Å². The third kappa shape index (κ3) is 4.51. The zero-order valence-electron chi connectivity index (χ0n) is 16.3. The van der Waals surface area contributed by atoms with Gasteiger partial charge in [-0.05, 0) is 56.6 Å². The molecule has 3 aromatic rings. The molecule has 4 heterocycles. The Bertz CT molecular complexity index is 987. The molecule has 2 N–H and O–H groups in total. The summed E-state index contributed by atoms with van der Waals surface area (Å²) in [6.45, 7) is 3.43. The zero-order valence-corrected chi connectivity index (χ0v) is 16.3. The van der Waals surface area contributed by atoms with Gasteiger partial charge in [0.1, 0.15) is 5.76 Å². The van der Waals surface area contributed by atoms with Crippen LogP contribution in [0.5, 0.6) is 0 Å². The SMILES string of the molecule is O=C(NCCCn1nc2ccccn2c1=O)NCC(c1ccco1)N1CCCC1. The summed E-state index contributed by atoms with van der Waals surface area (Å²) in [5.41, 5.74) is 0.450. The van der Waals surface area contributed by atoms with E-state index in [0.29, 0.717) is 31.7 Å². The summed E-state index contributed by atoms with van der Waals surface area (Å²) in [6.07, 6.45) is 6.32. The van der Waals surface area contributed by atoms with Crippen LogP contribution >= 0.6 is 0 Å². The number of aromatic nitrogens is 3. The highest BCUT2D eigenvalue weighted by molar-refractivity contribution is 5.73. The molecular weight excluding hydrogens is 372 g/mol. The van der Waals surface area contributed by atoms with E-state index in [9.17, 15) is 9.59 Å². The number of amides is 2. The van der Waals surface area contributed by atoms with E-state index in [2.05, 4.69) is 20.6 Å². The first kappa shape index (κ1) is 19.3. The molecule has 1 aliphatic rings. The van der Waals surface area contributed by atoms with Crippen LogP contribution in [0.2, 0.25) is 0 Å². The number of nitrogens with zero attached hydrogens (tertiary/aromatic N) is 4. The topological polar surface area (TPSA) is 96.8 Å². The second kappa shape index (κ2) is 8.95. The number of aryl methyl sites for hydroxylation is 1. The first-order valence-corrected chi connectivity index (χ1v) is 10.1. The summed E-state index contributed by atoms with van der Waals surface area (Å²) < 4.78 is 8.50. The van der Waals surface area contributed by atoms with E-state index in [-0.39, 0.29) is 17.8 Å². The number of nitrogens with one attached hydrogen (secondary N) is 2. The number of rotatable bonds is 8. The Morgan fingerprint density at radius 3 is 2.79 bits per heavy atom. The summed E-state index contributed by atoms with van der Waals surface area (Å²) in [4.78, 5) is 26.8. The molecular formula is C20H26N6O3. The third-order valence-electron chi connectivity index (χ3n) is 5.23. The first-order chi connectivity index (χ1) is 14.2. The number of hydrogen-bond acceptors (Lipinski definition) is 5. The highest BCUT2D eigenvalue weighted by Crippen LogP contribution is 2.24. The summed E-state index contributed by atoms with van der Waals surface area (Å²) >= 11 is 0. The maximum absolute atomic E-state index is 12.2. The lowest BCUT2D eigenvalue weighted by atomic mass is 10.2. The van der Waals surface area contributed by atoms with E-state index in [1.165, 1.54) is 21.9 Å². The summed E-state index contributed by atoms with van der Waals surface area (Å²) in [5.74, 6) is 0.874. The van der Waals surface area contributed by atoms with E-state index in [0.717, 1.165) is 18.8 Å². The van der Waals surface area contributed by atoms with Crippen molar-refractivity contribution in [2.75, 3.05) is 26.2 Å². The highest BCUT2D eigenvalue weighted by Gasteiger charge is 2.25. The monoisotopic (exact) mass is 398 g/mol. The zero-order chi connectivity index (χ0) is 20.1. The van der Waals surface area contributed by atoms with Crippen LogP contribution in [0.3, 0.4) is 0 Å². The number of fused-ring (bicyclic) bond motifs is 1.